The first-order valence-corrected chi connectivity index (χ1v) is 11.9. The van der Waals surface area contributed by atoms with E-state index in [4.69, 9.17) is 6.57 Å². The number of nitriles is 1. The summed E-state index contributed by atoms with van der Waals surface area (Å²) in [6.45, 7) is 12.1. The zero-order chi connectivity index (χ0) is 24.6. The van der Waals surface area contributed by atoms with Crippen LogP contribution in [0.1, 0.15) is 16.7 Å². The number of para-hydroxylation sites is 2. The number of benzene rings is 4. The van der Waals surface area contributed by atoms with Crippen LogP contribution in [-0.4, -0.2) is 8.80 Å². The maximum Gasteiger partial charge on any atom is 0.189 e. The van der Waals surface area contributed by atoms with E-state index in [0.717, 1.165) is 43.9 Å². The van der Waals surface area contributed by atoms with Crippen LogP contribution in [0.3, 0.4) is 0 Å². The third-order valence-corrected chi connectivity index (χ3v) is 7.49. The smallest absolute Gasteiger partial charge is 0.189 e. The molecule has 0 spiro atoms. The van der Waals surface area contributed by atoms with Crippen LogP contribution in [0, 0.1) is 31.8 Å². The molecule has 0 aliphatic heterocycles. The molecule has 168 valence electrons. The Labute approximate surface area is 207 Å². The molecular formula is C32H20N4. The molecule has 4 aromatic carbocycles. The standard InChI is InChI=1S/C32H20N4/c1-19-23-8-4-6-10-27(23)35-29-16-21(18-33)12-14-25(29)26-15-13-22(34-3)17-30(26)36-28-11-7-5-9-24(28)20(2)32(36)31(19)35/h4-17H,1-2H3. The monoisotopic (exact) mass is 460 g/mol. The normalized spacial score (nSPS) is 11.6. The molecule has 36 heavy (non-hydrogen) atoms. The number of fused-ring (bicyclic) bond motifs is 12. The predicted octanol–water partition coefficient (Wildman–Crippen LogP) is 8.41. The van der Waals surface area contributed by atoms with Crippen LogP contribution in [0.15, 0.2) is 84.9 Å². The van der Waals surface area contributed by atoms with Gasteiger partial charge < -0.3 is 8.80 Å². The third-order valence-electron chi connectivity index (χ3n) is 7.49. The van der Waals surface area contributed by atoms with E-state index >= 15 is 0 Å². The number of aromatic nitrogens is 2. The fourth-order valence-electron chi connectivity index (χ4n) is 5.89. The zero-order valence-corrected chi connectivity index (χ0v) is 19.9. The SMILES string of the molecule is [C-]#[N+]c1ccc2c3ccc(C#N)cc3n3c4ccccc4c(C)c3c3c(C)c4ccccc4n3c2c1. The minimum absolute atomic E-state index is 0.600. The largest absolute Gasteiger partial charge is 0.308 e. The molecule has 0 bridgehead atoms. The molecule has 0 atom stereocenters. The number of hydrogen-bond acceptors (Lipinski definition) is 1. The van der Waals surface area contributed by atoms with Crippen LogP contribution in [-0.2, 0) is 0 Å². The van der Waals surface area contributed by atoms with Crippen molar-refractivity contribution in [2.75, 3.05) is 0 Å². The Balaban J connectivity index is 2.01. The van der Waals surface area contributed by atoms with Gasteiger partial charge in [-0.3, -0.25) is 0 Å². The minimum Gasteiger partial charge on any atom is -0.308 e. The van der Waals surface area contributed by atoms with E-state index in [0.29, 0.717) is 11.3 Å². The first-order chi connectivity index (χ1) is 17.6. The molecule has 0 N–H and O–H groups in total. The highest BCUT2D eigenvalue weighted by Gasteiger charge is 2.19. The van der Waals surface area contributed by atoms with Crippen molar-refractivity contribution in [1.82, 2.24) is 8.80 Å². The molecule has 0 radical (unpaired) electrons. The molecule has 3 aromatic heterocycles. The van der Waals surface area contributed by atoms with Gasteiger partial charge in [-0.05, 0) is 55.3 Å². The molecule has 0 fully saturated rings. The van der Waals surface area contributed by atoms with Gasteiger partial charge >= 0.3 is 0 Å². The molecular weight excluding hydrogens is 440 g/mol. The molecule has 0 aliphatic rings. The Kier molecular flexibility index (Phi) is 4.08. The van der Waals surface area contributed by atoms with Crippen molar-refractivity contribution < 1.29 is 0 Å². The number of rotatable bonds is 0. The van der Waals surface area contributed by atoms with Crippen molar-refractivity contribution in [1.29, 1.82) is 5.26 Å². The Morgan fingerprint density at radius 2 is 1.17 bits per heavy atom. The summed E-state index contributed by atoms with van der Waals surface area (Å²) in [5.74, 6) is 0. The van der Waals surface area contributed by atoms with E-state index in [-0.39, 0.29) is 0 Å². The van der Waals surface area contributed by atoms with Crippen LogP contribution in [0.25, 0.3) is 59.5 Å². The molecule has 4 heteroatoms. The van der Waals surface area contributed by atoms with Crippen molar-refractivity contribution in [3.8, 4) is 6.07 Å². The molecule has 0 unspecified atom stereocenters. The van der Waals surface area contributed by atoms with E-state index in [1.807, 2.05) is 36.4 Å². The summed E-state index contributed by atoms with van der Waals surface area (Å²) in [6, 6.07) is 31.1. The van der Waals surface area contributed by atoms with Gasteiger partial charge in [-0.25, -0.2) is 4.85 Å². The van der Waals surface area contributed by atoms with Crippen LogP contribution in [0.2, 0.25) is 0 Å². The van der Waals surface area contributed by atoms with Crippen molar-refractivity contribution in [3.05, 3.63) is 113 Å². The van der Waals surface area contributed by atoms with Gasteiger partial charge in [-0.1, -0.05) is 54.6 Å². The molecule has 0 saturated heterocycles. The summed E-state index contributed by atoms with van der Waals surface area (Å²) < 4.78 is 4.65. The second-order valence-corrected chi connectivity index (χ2v) is 9.31. The lowest BCUT2D eigenvalue weighted by Crippen LogP contribution is -1.95. The van der Waals surface area contributed by atoms with Gasteiger partial charge in [0.25, 0.3) is 0 Å². The second-order valence-electron chi connectivity index (χ2n) is 9.31. The van der Waals surface area contributed by atoms with Crippen LogP contribution >= 0.6 is 0 Å². The highest BCUT2D eigenvalue weighted by Crippen LogP contribution is 2.39. The Morgan fingerprint density at radius 1 is 0.639 bits per heavy atom. The number of nitrogens with zero attached hydrogens (tertiary/aromatic N) is 4. The molecule has 3 heterocycles. The van der Waals surface area contributed by atoms with Crippen molar-refractivity contribution in [2.24, 2.45) is 0 Å². The molecule has 0 aliphatic carbocycles. The van der Waals surface area contributed by atoms with Gasteiger partial charge in [-0.15, -0.1) is 0 Å². The molecule has 4 nitrogen and oxygen atoms in total. The van der Waals surface area contributed by atoms with Gasteiger partial charge in [0.1, 0.15) is 0 Å². The van der Waals surface area contributed by atoms with E-state index in [1.165, 1.54) is 21.9 Å². The zero-order valence-electron chi connectivity index (χ0n) is 19.9. The highest BCUT2D eigenvalue weighted by atomic mass is 15.0. The summed E-state index contributed by atoms with van der Waals surface area (Å²) in [5.41, 5.74) is 10.00. The van der Waals surface area contributed by atoms with Crippen LogP contribution < -0.4 is 0 Å². The molecule has 7 rings (SSSR count). The lowest BCUT2D eigenvalue weighted by molar-refractivity contribution is 1.28. The summed E-state index contributed by atoms with van der Waals surface area (Å²) in [5, 5.41) is 14.2. The van der Waals surface area contributed by atoms with E-state index in [2.05, 4.69) is 82.1 Å². The Morgan fingerprint density at radius 3 is 1.72 bits per heavy atom. The average molecular weight is 461 g/mol. The van der Waals surface area contributed by atoms with Gasteiger partial charge in [0.15, 0.2) is 5.69 Å². The Hall–Kier alpha value is -5.06. The summed E-state index contributed by atoms with van der Waals surface area (Å²) >= 11 is 0. The quantitative estimate of drug-likeness (QED) is 0.209. The fourth-order valence-corrected chi connectivity index (χ4v) is 5.89. The number of hydrogen-bond donors (Lipinski definition) is 0. The molecule has 7 aromatic rings. The highest BCUT2D eigenvalue weighted by molar-refractivity contribution is 6.13. The van der Waals surface area contributed by atoms with Gasteiger partial charge in [0.05, 0.1) is 45.8 Å². The third kappa shape index (κ3) is 2.51. The molecule has 0 amide bonds. The fraction of sp³-hybridized carbons (Fsp3) is 0.0625. The first-order valence-electron chi connectivity index (χ1n) is 11.9. The lowest BCUT2D eigenvalue weighted by atomic mass is 10.1. The average Bonchev–Trinajstić information content (AvgIpc) is 3.37. The van der Waals surface area contributed by atoms with E-state index < -0.39 is 0 Å². The van der Waals surface area contributed by atoms with Crippen molar-refractivity contribution >= 4 is 60.3 Å². The minimum atomic E-state index is 0.600. The van der Waals surface area contributed by atoms with Gasteiger partial charge in [0.2, 0.25) is 0 Å². The first kappa shape index (κ1) is 20.3. The summed E-state index contributed by atoms with van der Waals surface area (Å²) in [6.07, 6.45) is 0. The lowest BCUT2D eigenvalue weighted by Gasteiger charge is -2.11. The summed E-state index contributed by atoms with van der Waals surface area (Å²) in [7, 11) is 0. The maximum atomic E-state index is 9.80. The van der Waals surface area contributed by atoms with Gasteiger partial charge in [-0.2, -0.15) is 5.26 Å². The molecule has 0 saturated carbocycles. The van der Waals surface area contributed by atoms with Gasteiger partial charge in [0, 0.05) is 27.1 Å². The van der Waals surface area contributed by atoms with Crippen LogP contribution in [0.5, 0.6) is 0 Å². The Bertz CT molecular complexity index is 2040. The second kappa shape index (κ2) is 7.22. The topological polar surface area (TPSA) is 37.0 Å². The predicted molar refractivity (Wildman–Crippen MR) is 148 cm³/mol. The van der Waals surface area contributed by atoms with E-state index in [9.17, 15) is 5.26 Å². The number of aryl methyl sites for hydroxylation is 2. The maximum absolute atomic E-state index is 9.80. The summed E-state index contributed by atoms with van der Waals surface area (Å²) in [4.78, 5) is 3.76. The van der Waals surface area contributed by atoms with E-state index in [1.54, 1.807) is 0 Å². The van der Waals surface area contributed by atoms with Crippen molar-refractivity contribution in [3.63, 3.8) is 0 Å². The van der Waals surface area contributed by atoms with Crippen molar-refractivity contribution in [2.45, 2.75) is 13.8 Å². The van der Waals surface area contributed by atoms with Crippen LogP contribution in [0.4, 0.5) is 5.69 Å².